The van der Waals surface area contributed by atoms with Crippen LogP contribution in [0.3, 0.4) is 0 Å². The van der Waals surface area contributed by atoms with Gasteiger partial charge in [0.25, 0.3) is 0 Å². The number of Topliss-reactive ketones (excluding diaryl/α,β-unsaturated/α-hetero) is 1. The van der Waals surface area contributed by atoms with E-state index in [9.17, 15) is 4.79 Å². The Morgan fingerprint density at radius 2 is 1.87 bits per heavy atom. The van der Waals surface area contributed by atoms with Gasteiger partial charge in [-0.05, 0) is 42.9 Å². The highest BCUT2D eigenvalue weighted by Gasteiger charge is 2.26. The number of ketones is 1. The lowest BCUT2D eigenvalue weighted by Crippen LogP contribution is -2.21. The van der Waals surface area contributed by atoms with E-state index in [1.165, 1.54) is 11.1 Å². The van der Waals surface area contributed by atoms with Crippen LogP contribution in [0.1, 0.15) is 46.8 Å². The van der Waals surface area contributed by atoms with Crippen LogP contribution in [-0.4, -0.2) is 5.78 Å². The van der Waals surface area contributed by atoms with E-state index in [1.807, 2.05) is 6.92 Å². The lowest BCUT2D eigenvalue weighted by Gasteiger charge is -2.25. The molecule has 1 aliphatic carbocycles. The van der Waals surface area contributed by atoms with E-state index >= 15 is 0 Å². The quantitative estimate of drug-likeness (QED) is 0.681. The van der Waals surface area contributed by atoms with Crippen molar-refractivity contribution in [3.63, 3.8) is 0 Å². The normalized spacial score (nSPS) is 20.2. The summed E-state index contributed by atoms with van der Waals surface area (Å²) >= 11 is 0. The van der Waals surface area contributed by atoms with E-state index in [-0.39, 0.29) is 0 Å². The third kappa shape index (κ3) is 1.71. The molecule has 0 aromatic heterocycles. The lowest BCUT2D eigenvalue weighted by molar-refractivity contribution is 0.0946. The van der Waals surface area contributed by atoms with Gasteiger partial charge in [-0.25, -0.2) is 0 Å². The molecule has 0 saturated heterocycles. The molecule has 0 saturated carbocycles. The van der Waals surface area contributed by atoms with Gasteiger partial charge in [-0.1, -0.05) is 25.5 Å². The molecule has 0 bridgehead atoms. The molecule has 0 amide bonds. The Kier molecular flexibility index (Phi) is 2.64. The van der Waals surface area contributed by atoms with E-state index in [4.69, 9.17) is 0 Å². The molecular formula is C14H18O. The minimum Gasteiger partial charge on any atom is -0.294 e. The molecule has 0 heterocycles. The Morgan fingerprint density at radius 3 is 2.53 bits per heavy atom. The van der Waals surface area contributed by atoms with Crippen LogP contribution < -0.4 is 0 Å². The van der Waals surface area contributed by atoms with Crippen molar-refractivity contribution in [1.82, 2.24) is 0 Å². The van der Waals surface area contributed by atoms with Crippen LogP contribution in [0.5, 0.6) is 0 Å². The summed E-state index contributed by atoms with van der Waals surface area (Å²) in [6, 6.07) is 4.21. The molecule has 1 heteroatoms. The van der Waals surface area contributed by atoms with Crippen LogP contribution in [0.2, 0.25) is 0 Å². The molecule has 0 N–H and O–H groups in total. The zero-order chi connectivity index (χ0) is 11.0. The van der Waals surface area contributed by atoms with Gasteiger partial charge in [0, 0.05) is 12.0 Å². The minimum atomic E-state index is 0.351. The molecule has 15 heavy (non-hydrogen) atoms. The van der Waals surface area contributed by atoms with Gasteiger partial charge < -0.3 is 0 Å². The SMILES string of the molecule is CCC1CC(=O)c2c(C)ccc(C)c2C1. The Balaban J connectivity index is 2.53. The summed E-state index contributed by atoms with van der Waals surface area (Å²) in [6.45, 7) is 6.33. The van der Waals surface area contributed by atoms with Crippen LogP contribution in [-0.2, 0) is 6.42 Å². The van der Waals surface area contributed by atoms with Gasteiger partial charge in [0.1, 0.15) is 0 Å². The monoisotopic (exact) mass is 202 g/mol. The molecule has 1 aromatic carbocycles. The minimum absolute atomic E-state index is 0.351. The second kappa shape index (κ2) is 3.80. The maximum absolute atomic E-state index is 12.0. The molecule has 1 nitrogen and oxygen atoms in total. The van der Waals surface area contributed by atoms with Crippen LogP contribution >= 0.6 is 0 Å². The Bertz CT molecular complexity index is 404. The molecule has 80 valence electrons. The Labute approximate surface area is 91.5 Å². The molecule has 0 radical (unpaired) electrons. The number of carbonyl (C=O) groups is 1. The van der Waals surface area contributed by atoms with Crippen molar-refractivity contribution in [2.24, 2.45) is 5.92 Å². The largest absolute Gasteiger partial charge is 0.294 e. The van der Waals surface area contributed by atoms with Gasteiger partial charge in [0.05, 0.1) is 0 Å². The summed E-state index contributed by atoms with van der Waals surface area (Å²) in [5.74, 6) is 0.912. The molecular weight excluding hydrogens is 184 g/mol. The van der Waals surface area contributed by atoms with E-state index in [2.05, 4.69) is 26.0 Å². The van der Waals surface area contributed by atoms with E-state index in [1.54, 1.807) is 0 Å². The van der Waals surface area contributed by atoms with Gasteiger partial charge in [-0.3, -0.25) is 4.79 Å². The van der Waals surface area contributed by atoms with Crippen molar-refractivity contribution >= 4 is 5.78 Å². The number of benzene rings is 1. The van der Waals surface area contributed by atoms with Gasteiger partial charge in [0.2, 0.25) is 0 Å². The van der Waals surface area contributed by atoms with Crippen molar-refractivity contribution in [2.45, 2.75) is 40.0 Å². The molecule has 0 spiro atoms. The highest BCUT2D eigenvalue weighted by atomic mass is 16.1. The third-order valence-corrected chi connectivity index (χ3v) is 3.58. The number of carbonyl (C=O) groups excluding carboxylic acids is 1. The molecule has 1 unspecified atom stereocenters. The van der Waals surface area contributed by atoms with Gasteiger partial charge in [-0.15, -0.1) is 0 Å². The van der Waals surface area contributed by atoms with Crippen molar-refractivity contribution in [2.75, 3.05) is 0 Å². The van der Waals surface area contributed by atoms with Crippen molar-refractivity contribution in [3.05, 3.63) is 34.4 Å². The Morgan fingerprint density at radius 1 is 1.20 bits per heavy atom. The summed E-state index contributed by atoms with van der Waals surface area (Å²) in [7, 11) is 0. The Hall–Kier alpha value is -1.11. The van der Waals surface area contributed by atoms with E-state index < -0.39 is 0 Å². The summed E-state index contributed by atoms with van der Waals surface area (Å²) in [6.07, 6.45) is 2.94. The third-order valence-electron chi connectivity index (χ3n) is 3.58. The van der Waals surface area contributed by atoms with Crippen molar-refractivity contribution in [3.8, 4) is 0 Å². The average molecular weight is 202 g/mol. The fourth-order valence-corrected chi connectivity index (χ4v) is 2.53. The smallest absolute Gasteiger partial charge is 0.163 e. The maximum atomic E-state index is 12.0. The van der Waals surface area contributed by atoms with E-state index in [0.717, 1.165) is 30.4 Å². The van der Waals surface area contributed by atoms with Crippen molar-refractivity contribution < 1.29 is 4.79 Å². The summed E-state index contributed by atoms with van der Waals surface area (Å²) in [5, 5.41) is 0. The maximum Gasteiger partial charge on any atom is 0.163 e. The molecule has 1 atom stereocenters. The zero-order valence-corrected chi connectivity index (χ0v) is 9.76. The summed E-state index contributed by atoms with van der Waals surface area (Å²) in [5.41, 5.74) is 4.75. The van der Waals surface area contributed by atoms with Gasteiger partial charge in [0.15, 0.2) is 5.78 Å². The first kappa shape index (κ1) is 10.4. The first-order valence-corrected chi connectivity index (χ1v) is 5.75. The fourth-order valence-electron chi connectivity index (χ4n) is 2.53. The lowest BCUT2D eigenvalue weighted by atomic mass is 9.78. The van der Waals surface area contributed by atoms with Gasteiger partial charge in [-0.2, -0.15) is 0 Å². The first-order chi connectivity index (χ1) is 7.13. The predicted octanol–water partition coefficient (Wildman–Crippen LogP) is 3.46. The number of hydrogen-bond acceptors (Lipinski definition) is 1. The number of aryl methyl sites for hydroxylation is 2. The molecule has 0 fully saturated rings. The predicted molar refractivity (Wildman–Crippen MR) is 62.3 cm³/mol. The molecule has 1 aromatic rings. The first-order valence-electron chi connectivity index (χ1n) is 5.75. The molecule has 1 aliphatic rings. The van der Waals surface area contributed by atoms with Crippen molar-refractivity contribution in [1.29, 1.82) is 0 Å². The van der Waals surface area contributed by atoms with Crippen LogP contribution in [0.15, 0.2) is 12.1 Å². The number of rotatable bonds is 1. The van der Waals surface area contributed by atoms with Crippen LogP contribution in [0.4, 0.5) is 0 Å². The zero-order valence-electron chi connectivity index (χ0n) is 9.76. The average Bonchev–Trinajstić information content (AvgIpc) is 2.23. The fraction of sp³-hybridized carbons (Fsp3) is 0.500. The molecule has 0 aliphatic heterocycles. The summed E-state index contributed by atoms with van der Waals surface area (Å²) in [4.78, 5) is 12.0. The highest BCUT2D eigenvalue weighted by Crippen LogP contribution is 2.31. The number of hydrogen-bond donors (Lipinski definition) is 0. The van der Waals surface area contributed by atoms with Crippen LogP contribution in [0.25, 0.3) is 0 Å². The second-order valence-electron chi connectivity index (χ2n) is 4.66. The van der Waals surface area contributed by atoms with Crippen LogP contribution in [0, 0.1) is 19.8 Å². The standard InChI is InChI=1S/C14H18O/c1-4-11-7-12-9(2)5-6-10(3)14(12)13(15)8-11/h5-6,11H,4,7-8H2,1-3H3. The van der Waals surface area contributed by atoms with Gasteiger partial charge >= 0.3 is 0 Å². The molecule has 2 rings (SSSR count). The second-order valence-corrected chi connectivity index (χ2v) is 4.66. The summed E-state index contributed by atoms with van der Waals surface area (Å²) < 4.78 is 0. The topological polar surface area (TPSA) is 17.1 Å². The highest BCUT2D eigenvalue weighted by molar-refractivity contribution is 6.00. The van der Waals surface area contributed by atoms with E-state index in [0.29, 0.717) is 11.7 Å². The number of fused-ring (bicyclic) bond motifs is 1.